The number of nitrogen functional groups attached to an aromatic ring is 1. The minimum atomic E-state index is -4.47. The molecule has 7 aromatic carbocycles. The van der Waals surface area contributed by atoms with Gasteiger partial charge in [-0.15, -0.1) is 9.89 Å². The third kappa shape index (κ3) is 17.1. The van der Waals surface area contributed by atoms with Gasteiger partial charge in [0.15, 0.2) is 5.82 Å². The number of nitriles is 2. The maximum absolute atomic E-state index is 13.3. The van der Waals surface area contributed by atoms with Gasteiger partial charge in [-0.2, -0.15) is 40.9 Å². The van der Waals surface area contributed by atoms with E-state index in [4.69, 9.17) is 53.9 Å². The second-order valence-electron chi connectivity index (χ2n) is 20.8. The second kappa shape index (κ2) is 27.8. The van der Waals surface area contributed by atoms with Gasteiger partial charge in [0.05, 0.1) is 47.8 Å². The van der Waals surface area contributed by atoms with E-state index < -0.39 is 52.6 Å². The van der Waals surface area contributed by atoms with E-state index in [1.165, 1.54) is 29.1 Å². The van der Waals surface area contributed by atoms with Crippen molar-refractivity contribution in [3.63, 3.8) is 0 Å². The Bertz CT molecular complexity index is 4080. The molecule has 0 spiro atoms. The fourth-order valence-corrected chi connectivity index (χ4v) is 11.2. The number of aliphatic imine (C=N–C) groups is 1. The van der Waals surface area contributed by atoms with Crippen molar-refractivity contribution in [3.8, 4) is 35.0 Å². The number of hydrogen-bond acceptors (Lipinski definition) is 17. The van der Waals surface area contributed by atoms with E-state index in [1.807, 2.05) is 137 Å². The maximum Gasteiger partial charge on any atom is 0.316 e. The molecule has 22 nitrogen and oxygen atoms in total. The van der Waals surface area contributed by atoms with Gasteiger partial charge in [0.25, 0.3) is 20.2 Å². The van der Waals surface area contributed by atoms with Crippen LogP contribution < -0.4 is 33.3 Å². The van der Waals surface area contributed by atoms with Crippen molar-refractivity contribution in [2.24, 2.45) is 15.5 Å². The summed E-state index contributed by atoms with van der Waals surface area (Å²) >= 11 is -3.98. The third-order valence-corrected chi connectivity index (χ3v) is 16.2. The molecule has 2 unspecified atom stereocenters. The van der Waals surface area contributed by atoms with Gasteiger partial charge >= 0.3 is 22.5 Å². The van der Waals surface area contributed by atoms with Gasteiger partial charge in [-0.25, -0.2) is 9.98 Å². The summed E-state index contributed by atoms with van der Waals surface area (Å²) < 4.78 is 107. The summed E-state index contributed by atoms with van der Waals surface area (Å²) in [5.41, 5.74) is 14.9. The minimum Gasteiger partial charge on any atom is -0.399 e. The van der Waals surface area contributed by atoms with Crippen LogP contribution in [0.25, 0.3) is 22.2 Å². The van der Waals surface area contributed by atoms with Crippen LogP contribution in [-0.4, -0.2) is 87.8 Å². The third-order valence-electron chi connectivity index (χ3n) is 12.9. The van der Waals surface area contributed by atoms with Gasteiger partial charge in [0.1, 0.15) is 27.0 Å². The summed E-state index contributed by atoms with van der Waals surface area (Å²) in [5, 5.41) is 27.0. The molecule has 1 aliphatic rings. The summed E-state index contributed by atoms with van der Waals surface area (Å²) in [7, 11) is -5.03. The Morgan fingerprint density at radius 2 is 1.12 bits per heavy atom. The number of anilines is 5. The lowest BCUT2D eigenvalue weighted by molar-refractivity contribution is 0.481. The van der Waals surface area contributed by atoms with Crippen LogP contribution >= 0.6 is 0 Å². The molecule has 2 heterocycles. The average Bonchev–Trinajstić information content (AvgIpc) is 2.13. The Hall–Kier alpha value is -9.02. The first-order chi connectivity index (χ1) is 40.6. The fourth-order valence-electron chi connectivity index (χ4n) is 8.40. The van der Waals surface area contributed by atoms with Crippen LogP contribution in [0, 0.1) is 55.8 Å². The normalized spacial score (nSPS) is 13.1. The van der Waals surface area contributed by atoms with Crippen molar-refractivity contribution in [1.29, 1.82) is 10.5 Å². The first-order valence-corrected chi connectivity index (χ1v) is 31.4. The number of aryl methyl sites for hydroxylation is 4. The molecule has 0 aliphatic carbocycles. The molecule has 0 radical (unpaired) electrons. The molecule has 0 saturated carbocycles. The average molecular weight is 1240 g/mol. The standard InChI is InChI=1S/C40H43N9O4S2.C10H13N3.C10H8O6S2/c1-25-10-12-27(3)34(20-25)52-54(50)46-31-22-29(23-32(24-31)47-55(51)53-35-21-26(2)11-13-28(35)4)38-43-39-36(37(40(5,6)7)44-49(39)45-38)42-30-14-16-33(17-15-30)48(8)19-9-18-41;1-13(8-2-7-11)10-5-3-9(12)4-6-10;11-17(12,13)9-5-1-3-7-8(9)4-2-6-10(7)18(14,15)16/h10-17,20-24,46-47H,9,19H2,1-8H3;3-6H,2,8,12H2,1H3;1-6H,(H,11,12,13)(H,14,15,16). The lowest BCUT2D eigenvalue weighted by Crippen LogP contribution is -2.27. The van der Waals surface area contributed by atoms with E-state index in [0.29, 0.717) is 70.9 Å². The second-order valence-corrected chi connectivity index (χ2v) is 25.3. The van der Waals surface area contributed by atoms with Gasteiger partial charge in [0, 0.05) is 66.0 Å². The predicted octanol–water partition coefficient (Wildman–Crippen LogP) is 11.0. The van der Waals surface area contributed by atoms with Crippen molar-refractivity contribution in [1.82, 2.24) is 14.9 Å². The molecule has 8 aromatic rings. The van der Waals surface area contributed by atoms with Crippen molar-refractivity contribution < 1.29 is 42.7 Å². The van der Waals surface area contributed by atoms with E-state index in [-0.39, 0.29) is 16.2 Å². The van der Waals surface area contributed by atoms with Gasteiger partial charge in [-0.05, 0) is 141 Å². The molecule has 0 amide bonds. The number of hydrogen-bond donors (Lipinski definition) is 5. The number of rotatable bonds is 18. The molecule has 86 heavy (non-hydrogen) atoms. The van der Waals surface area contributed by atoms with E-state index in [1.54, 1.807) is 18.2 Å². The minimum absolute atomic E-state index is 0.0233. The molecule has 1 aliphatic heterocycles. The van der Waals surface area contributed by atoms with Crippen molar-refractivity contribution in [3.05, 3.63) is 168 Å². The Kier molecular flexibility index (Phi) is 20.9. The number of fused-ring (bicyclic) bond motifs is 2. The number of nitrogens with one attached hydrogen (secondary N) is 2. The number of nitrogens with zero attached hydrogens (tertiary/aromatic N) is 9. The molecule has 6 N–H and O–H groups in total. The monoisotopic (exact) mass is 1240 g/mol. The van der Waals surface area contributed by atoms with Gasteiger partial charge < -0.3 is 23.9 Å². The SMILES string of the molecule is CN(CCC#N)c1ccc(N)cc1.Cc1ccc(C)c(OS(=O)Nc2cc(NS(=O)Oc3cc(C)ccc3C)cc(-c3nc4n(n3)N=C(C(C)(C)C)C4=Nc3ccc(N(C)CCC#N)cc3)c2)c1.O=S(=O)(O)c1cccc2c(S(=O)(=O)O)cccc12. The van der Waals surface area contributed by atoms with Crippen LogP contribution in [0.1, 0.15) is 61.7 Å². The molecular formula is C60H64N12O10S4. The molecule has 9 rings (SSSR count). The number of aromatic nitrogens is 3. The molecular weight excluding hydrogens is 1180 g/mol. The van der Waals surface area contributed by atoms with Crippen molar-refractivity contribution >= 4 is 99.1 Å². The zero-order valence-corrected chi connectivity index (χ0v) is 51.8. The highest BCUT2D eigenvalue weighted by molar-refractivity contribution is 7.86. The Balaban J connectivity index is 0.000000275. The zero-order valence-electron chi connectivity index (χ0n) is 48.5. The lowest BCUT2D eigenvalue weighted by Gasteiger charge is -2.19. The fraction of sp³-hybridized carbons (Fsp3) is 0.233. The number of benzene rings is 7. The van der Waals surface area contributed by atoms with Gasteiger partial charge in [0.2, 0.25) is 5.82 Å². The summed E-state index contributed by atoms with van der Waals surface area (Å²) in [6.45, 7) is 15.1. The highest BCUT2D eigenvalue weighted by Crippen LogP contribution is 2.33. The van der Waals surface area contributed by atoms with Crippen LogP contribution in [0.2, 0.25) is 0 Å². The van der Waals surface area contributed by atoms with Crippen LogP contribution in [0.3, 0.4) is 0 Å². The van der Waals surface area contributed by atoms with Crippen LogP contribution in [0.4, 0.5) is 34.1 Å². The summed E-state index contributed by atoms with van der Waals surface area (Å²) in [4.78, 5) is 14.6. The molecule has 0 bridgehead atoms. The zero-order chi connectivity index (χ0) is 62.7. The van der Waals surface area contributed by atoms with Crippen molar-refractivity contribution in [2.45, 2.75) is 71.1 Å². The summed E-state index contributed by atoms with van der Waals surface area (Å²) in [5.74, 6) is 1.72. The largest absolute Gasteiger partial charge is 0.399 e. The molecule has 448 valence electrons. The smallest absolute Gasteiger partial charge is 0.316 e. The molecule has 26 heteroatoms. The van der Waals surface area contributed by atoms with E-state index in [9.17, 15) is 25.3 Å². The van der Waals surface area contributed by atoms with Crippen LogP contribution in [0.5, 0.6) is 11.5 Å². The quantitative estimate of drug-likeness (QED) is 0.0394. The Morgan fingerprint density at radius 3 is 1.55 bits per heavy atom. The maximum atomic E-state index is 13.3. The first kappa shape index (κ1) is 64.5. The highest BCUT2D eigenvalue weighted by Gasteiger charge is 2.35. The predicted molar refractivity (Wildman–Crippen MR) is 338 cm³/mol. The van der Waals surface area contributed by atoms with Gasteiger partial charge in [-0.1, -0.05) is 69.3 Å². The van der Waals surface area contributed by atoms with Gasteiger partial charge in [-0.3, -0.25) is 18.5 Å². The molecule has 0 fully saturated rings. The topological polar surface area (TPSA) is 321 Å². The number of nitrogens with two attached hydrogens (primary N) is 1. The Morgan fingerprint density at radius 1 is 0.663 bits per heavy atom. The van der Waals surface area contributed by atoms with E-state index in [2.05, 4.69) is 42.4 Å². The van der Waals surface area contributed by atoms with Crippen molar-refractivity contribution in [2.75, 3.05) is 52.2 Å². The molecule has 2 atom stereocenters. The molecule has 1 aromatic heterocycles. The molecule has 0 saturated heterocycles. The lowest BCUT2D eigenvalue weighted by atomic mass is 9.87. The van der Waals surface area contributed by atoms with Crippen LogP contribution in [-0.2, 0) is 42.8 Å². The van der Waals surface area contributed by atoms with E-state index in [0.717, 1.165) is 63.7 Å². The highest BCUT2D eigenvalue weighted by atomic mass is 32.2. The van der Waals surface area contributed by atoms with E-state index >= 15 is 0 Å². The first-order valence-electron chi connectivity index (χ1n) is 26.4. The summed E-state index contributed by atoms with van der Waals surface area (Å²) in [6, 6.07) is 43.6. The Labute approximate surface area is 505 Å². The van der Waals surface area contributed by atoms with Crippen LogP contribution in [0.15, 0.2) is 159 Å². The summed E-state index contributed by atoms with van der Waals surface area (Å²) in [6.07, 6.45) is 0.971.